The van der Waals surface area contributed by atoms with E-state index in [4.69, 9.17) is 11.6 Å². The second-order valence-electron chi connectivity index (χ2n) is 4.82. The molecule has 0 bridgehead atoms. The number of anilines is 1. The highest BCUT2D eigenvalue weighted by atomic mass is 79.9. The third-order valence-corrected chi connectivity index (χ3v) is 5.48. The number of halogens is 3. The molecule has 2 aromatic carbocycles. The first-order valence-electron chi connectivity index (χ1n) is 6.41. The zero-order chi connectivity index (χ0) is 15.9. The van der Waals surface area contributed by atoms with Gasteiger partial charge in [-0.1, -0.05) is 17.7 Å². The summed E-state index contributed by atoms with van der Waals surface area (Å²) in [5, 5.41) is 3.85. The van der Waals surface area contributed by atoms with Gasteiger partial charge in [0.15, 0.2) is 0 Å². The third-order valence-electron chi connectivity index (χ3n) is 3.17. The fourth-order valence-electron chi connectivity index (χ4n) is 2.09. The van der Waals surface area contributed by atoms with Gasteiger partial charge in [-0.3, -0.25) is 4.79 Å². The van der Waals surface area contributed by atoms with Crippen molar-refractivity contribution in [3.8, 4) is 0 Å². The van der Waals surface area contributed by atoms with Gasteiger partial charge in [-0.25, -0.2) is 4.39 Å². The van der Waals surface area contributed by atoms with E-state index in [2.05, 4.69) is 21.2 Å². The third kappa shape index (κ3) is 2.89. The molecule has 0 aliphatic rings. The smallest absolute Gasteiger partial charge is 0.267 e. The Labute approximate surface area is 144 Å². The molecule has 0 radical (unpaired) electrons. The van der Waals surface area contributed by atoms with Crippen molar-refractivity contribution >= 4 is 60.5 Å². The largest absolute Gasteiger partial charge is 0.320 e. The molecule has 0 spiro atoms. The van der Waals surface area contributed by atoms with Crippen LogP contribution in [-0.4, -0.2) is 5.91 Å². The van der Waals surface area contributed by atoms with Crippen LogP contribution in [0.25, 0.3) is 10.1 Å². The molecule has 0 saturated heterocycles. The number of benzene rings is 2. The van der Waals surface area contributed by atoms with Crippen LogP contribution in [0, 0.1) is 12.7 Å². The summed E-state index contributed by atoms with van der Waals surface area (Å²) in [6.07, 6.45) is 0. The van der Waals surface area contributed by atoms with E-state index in [1.165, 1.54) is 23.5 Å². The molecule has 0 aliphatic carbocycles. The molecule has 0 unspecified atom stereocenters. The Balaban J connectivity index is 1.97. The van der Waals surface area contributed by atoms with Gasteiger partial charge in [0.05, 0.1) is 10.7 Å². The molecule has 0 fully saturated rings. The van der Waals surface area contributed by atoms with Gasteiger partial charge >= 0.3 is 0 Å². The topological polar surface area (TPSA) is 29.1 Å². The minimum atomic E-state index is -0.348. The highest BCUT2D eigenvalue weighted by molar-refractivity contribution is 9.10. The number of aryl methyl sites for hydroxylation is 1. The zero-order valence-electron chi connectivity index (χ0n) is 11.4. The number of amides is 1. The minimum Gasteiger partial charge on any atom is -0.320 e. The van der Waals surface area contributed by atoms with Gasteiger partial charge in [0, 0.05) is 14.6 Å². The fourth-order valence-corrected chi connectivity index (χ4v) is 4.12. The lowest BCUT2D eigenvalue weighted by atomic mass is 10.2. The normalized spacial score (nSPS) is 10.9. The molecule has 1 amide bonds. The number of hydrogen-bond donors (Lipinski definition) is 1. The molecule has 1 heterocycles. The van der Waals surface area contributed by atoms with Gasteiger partial charge in [-0.15, -0.1) is 11.3 Å². The Morgan fingerprint density at radius 1 is 1.27 bits per heavy atom. The summed E-state index contributed by atoms with van der Waals surface area (Å²) < 4.78 is 14.7. The van der Waals surface area contributed by atoms with Gasteiger partial charge in [0.1, 0.15) is 10.7 Å². The average molecular weight is 399 g/mol. The van der Waals surface area contributed by atoms with Gasteiger partial charge in [-0.2, -0.15) is 0 Å². The highest BCUT2D eigenvalue weighted by Crippen LogP contribution is 2.36. The number of carbonyl (C=O) groups excluding carboxylic acids is 1. The molecule has 3 aromatic rings. The van der Waals surface area contributed by atoms with Gasteiger partial charge < -0.3 is 5.32 Å². The van der Waals surface area contributed by atoms with E-state index in [0.29, 0.717) is 25.7 Å². The molecule has 0 atom stereocenters. The summed E-state index contributed by atoms with van der Waals surface area (Å²) in [5.41, 5.74) is 1.75. The number of nitrogens with one attached hydrogen (secondary N) is 1. The van der Waals surface area contributed by atoms with E-state index in [1.807, 2.05) is 25.1 Å². The molecular formula is C16H10BrClFNOS. The van der Waals surface area contributed by atoms with Crippen molar-refractivity contribution in [2.75, 3.05) is 5.32 Å². The van der Waals surface area contributed by atoms with E-state index in [-0.39, 0.29) is 11.7 Å². The number of hydrogen-bond acceptors (Lipinski definition) is 2. The number of carbonyl (C=O) groups is 1. The van der Waals surface area contributed by atoms with Crippen LogP contribution >= 0.6 is 38.9 Å². The summed E-state index contributed by atoms with van der Waals surface area (Å²) in [4.78, 5) is 12.8. The minimum absolute atomic E-state index is 0.309. The van der Waals surface area contributed by atoms with Crippen molar-refractivity contribution in [2.24, 2.45) is 0 Å². The monoisotopic (exact) mass is 397 g/mol. The van der Waals surface area contributed by atoms with Crippen LogP contribution < -0.4 is 5.32 Å². The van der Waals surface area contributed by atoms with Crippen LogP contribution in [0.2, 0.25) is 5.02 Å². The van der Waals surface area contributed by atoms with Gasteiger partial charge in [0.2, 0.25) is 0 Å². The van der Waals surface area contributed by atoms with Crippen molar-refractivity contribution in [3.05, 3.63) is 62.2 Å². The molecule has 0 aliphatic heterocycles. The average Bonchev–Trinajstić information content (AvgIpc) is 2.78. The Morgan fingerprint density at radius 3 is 2.77 bits per heavy atom. The second-order valence-corrected chi connectivity index (χ2v) is 7.11. The number of rotatable bonds is 2. The van der Waals surface area contributed by atoms with Crippen molar-refractivity contribution in [2.45, 2.75) is 6.92 Å². The molecule has 112 valence electrons. The summed E-state index contributed by atoms with van der Waals surface area (Å²) >= 11 is 10.8. The van der Waals surface area contributed by atoms with E-state index in [0.717, 1.165) is 10.0 Å². The predicted molar refractivity (Wildman–Crippen MR) is 93.6 cm³/mol. The van der Waals surface area contributed by atoms with Gasteiger partial charge in [-0.05, 0) is 58.7 Å². The molecule has 2 nitrogen and oxygen atoms in total. The van der Waals surface area contributed by atoms with E-state index in [1.54, 1.807) is 6.07 Å². The van der Waals surface area contributed by atoms with Crippen LogP contribution in [0.5, 0.6) is 0 Å². The van der Waals surface area contributed by atoms with Crippen molar-refractivity contribution in [1.29, 1.82) is 0 Å². The van der Waals surface area contributed by atoms with Crippen LogP contribution in [0.3, 0.4) is 0 Å². The molecule has 1 aromatic heterocycles. The molecule has 6 heteroatoms. The lowest BCUT2D eigenvalue weighted by molar-refractivity contribution is 0.103. The van der Waals surface area contributed by atoms with Crippen LogP contribution in [-0.2, 0) is 0 Å². The standard InChI is InChI=1S/C16H10BrClFNOS/c1-8-2-5-12(11(17)6-8)20-16(21)15-14(18)10-4-3-9(19)7-13(10)22-15/h2-7H,1H3,(H,20,21). The first kappa shape index (κ1) is 15.5. The maximum absolute atomic E-state index is 13.3. The summed E-state index contributed by atoms with van der Waals surface area (Å²) in [6, 6.07) is 9.93. The Kier molecular flexibility index (Phi) is 4.21. The predicted octanol–water partition coefficient (Wildman–Crippen LogP) is 6.02. The SMILES string of the molecule is Cc1ccc(NC(=O)c2sc3cc(F)ccc3c2Cl)c(Br)c1. The van der Waals surface area contributed by atoms with Crippen LogP contribution in [0.15, 0.2) is 40.9 Å². The molecular weight excluding hydrogens is 389 g/mol. The first-order chi connectivity index (χ1) is 10.5. The fraction of sp³-hybridized carbons (Fsp3) is 0.0625. The van der Waals surface area contributed by atoms with Gasteiger partial charge in [0.25, 0.3) is 5.91 Å². The van der Waals surface area contributed by atoms with E-state index in [9.17, 15) is 9.18 Å². The van der Waals surface area contributed by atoms with Crippen molar-refractivity contribution in [1.82, 2.24) is 0 Å². The number of thiophene rings is 1. The maximum atomic E-state index is 13.3. The lowest BCUT2D eigenvalue weighted by Crippen LogP contribution is -2.11. The van der Waals surface area contributed by atoms with Crippen molar-refractivity contribution < 1.29 is 9.18 Å². The Bertz CT molecular complexity index is 893. The zero-order valence-corrected chi connectivity index (χ0v) is 14.6. The Hall–Kier alpha value is -1.43. The maximum Gasteiger partial charge on any atom is 0.267 e. The lowest BCUT2D eigenvalue weighted by Gasteiger charge is -2.07. The van der Waals surface area contributed by atoms with E-state index >= 15 is 0 Å². The van der Waals surface area contributed by atoms with E-state index < -0.39 is 0 Å². The molecule has 0 saturated carbocycles. The molecule has 22 heavy (non-hydrogen) atoms. The molecule has 3 rings (SSSR count). The summed E-state index contributed by atoms with van der Waals surface area (Å²) in [6.45, 7) is 1.97. The van der Waals surface area contributed by atoms with Crippen molar-refractivity contribution in [3.63, 3.8) is 0 Å². The highest BCUT2D eigenvalue weighted by Gasteiger charge is 2.18. The quantitative estimate of drug-likeness (QED) is 0.562. The second kappa shape index (κ2) is 5.99. The molecule has 1 N–H and O–H groups in total. The van der Waals surface area contributed by atoms with Crippen LogP contribution in [0.4, 0.5) is 10.1 Å². The first-order valence-corrected chi connectivity index (χ1v) is 8.39. The van der Waals surface area contributed by atoms with Crippen LogP contribution in [0.1, 0.15) is 15.2 Å². The summed E-state index contributed by atoms with van der Waals surface area (Å²) in [7, 11) is 0. The summed E-state index contributed by atoms with van der Waals surface area (Å²) in [5.74, 6) is -0.658. The number of fused-ring (bicyclic) bond motifs is 1. The Morgan fingerprint density at radius 2 is 2.05 bits per heavy atom.